The van der Waals surface area contributed by atoms with E-state index < -0.39 is 49.9 Å². The number of hydrogen-bond donors (Lipinski definition) is 0. The minimum Gasteiger partial charge on any atom is -0.435 e. The van der Waals surface area contributed by atoms with Crippen molar-refractivity contribution in [2.45, 2.75) is 0 Å². The van der Waals surface area contributed by atoms with Crippen molar-refractivity contribution in [3.8, 4) is 0 Å². The molecule has 0 atom stereocenters. The van der Waals surface area contributed by atoms with E-state index in [-0.39, 0.29) is 0 Å². The molecule has 18 aromatic carbocycles. The van der Waals surface area contributed by atoms with Crippen molar-refractivity contribution in [1.29, 1.82) is 0 Å². The Labute approximate surface area is 656 Å². The molecule has 9 heteroatoms. The van der Waals surface area contributed by atoms with E-state index in [9.17, 15) is 0 Å². The molecule has 0 saturated carbocycles. The van der Waals surface area contributed by atoms with Gasteiger partial charge < -0.3 is 12.3 Å². The smallest absolute Gasteiger partial charge is 0.279 e. The molecule has 3 aliphatic heterocycles. The van der Waals surface area contributed by atoms with E-state index >= 15 is 0 Å². The predicted molar refractivity (Wildman–Crippen MR) is 480 cm³/mol. The molecule has 111 heavy (non-hydrogen) atoms. The summed E-state index contributed by atoms with van der Waals surface area (Å²) < 4.78 is 24.3. The van der Waals surface area contributed by atoms with Crippen molar-refractivity contribution in [2.24, 2.45) is 0 Å². The molecular formula is C102H78O3Si6. The minimum absolute atomic E-state index is 1.28. The van der Waals surface area contributed by atoms with E-state index in [2.05, 4.69) is 473 Å². The highest BCUT2D eigenvalue weighted by Gasteiger charge is 2.61. The molecule has 0 spiro atoms. The van der Waals surface area contributed by atoms with E-state index in [4.69, 9.17) is 12.3 Å². The van der Waals surface area contributed by atoms with E-state index in [0.717, 1.165) is 0 Å². The Morgan fingerprint density at radius 3 is 0.324 bits per heavy atom. The summed E-state index contributed by atoms with van der Waals surface area (Å²) in [4.78, 5) is 0. The third-order valence-corrected chi connectivity index (χ3v) is 51.2. The minimum atomic E-state index is -2.93. The highest BCUT2D eigenvalue weighted by molar-refractivity contribution is 7.24. The summed E-state index contributed by atoms with van der Waals surface area (Å²) in [6.07, 6.45) is 0. The Bertz CT molecular complexity index is 5060. The lowest BCUT2D eigenvalue weighted by molar-refractivity contribution is 0.598. The zero-order valence-electron chi connectivity index (χ0n) is 61.3. The van der Waals surface area contributed by atoms with Gasteiger partial charge in [-0.15, -0.1) is 0 Å². The number of rotatable bonds is 12. The molecule has 0 bridgehead atoms. The van der Waals surface area contributed by atoms with Gasteiger partial charge in [0.1, 0.15) is 0 Å². The summed E-state index contributed by atoms with van der Waals surface area (Å²) in [5, 5.41) is 31.4. The third-order valence-electron chi connectivity index (χ3n) is 23.1. The monoisotopic (exact) mass is 1520 g/mol. The van der Waals surface area contributed by atoms with Crippen LogP contribution < -0.4 is 93.4 Å². The van der Waals surface area contributed by atoms with E-state index in [0.29, 0.717) is 0 Å². The zero-order chi connectivity index (χ0) is 74.1. The van der Waals surface area contributed by atoms with Crippen LogP contribution in [0.3, 0.4) is 0 Å². The second-order valence-corrected chi connectivity index (χ2v) is 49.7. The molecule has 3 heterocycles. The van der Waals surface area contributed by atoms with Gasteiger partial charge in [-0.25, -0.2) is 0 Å². The molecule has 0 amide bonds. The molecule has 18 aromatic rings. The van der Waals surface area contributed by atoms with Crippen molar-refractivity contribution in [3.05, 3.63) is 473 Å². The molecule has 0 fully saturated rings. The van der Waals surface area contributed by atoms with Gasteiger partial charge >= 0.3 is 0 Å². The van der Waals surface area contributed by atoms with Crippen LogP contribution in [0.25, 0.3) is 32.3 Å². The summed E-state index contributed by atoms with van der Waals surface area (Å²) in [6, 6.07) is 173. The lowest BCUT2D eigenvalue weighted by Crippen LogP contribution is -2.84. The summed E-state index contributed by atoms with van der Waals surface area (Å²) >= 11 is 0. The van der Waals surface area contributed by atoms with Gasteiger partial charge in [0.25, 0.3) is 49.9 Å². The molecule has 0 N–H and O–H groups in total. The molecule has 0 aromatic heterocycles. The molecule has 0 aliphatic carbocycles. The van der Waals surface area contributed by atoms with E-state index in [1.807, 2.05) is 0 Å². The van der Waals surface area contributed by atoms with Gasteiger partial charge in [-0.1, -0.05) is 473 Å². The van der Waals surface area contributed by atoms with Crippen LogP contribution in [-0.4, -0.2) is 49.9 Å². The van der Waals surface area contributed by atoms with Crippen LogP contribution in [0.2, 0.25) is 0 Å². The summed E-state index contributed by atoms with van der Waals surface area (Å²) in [7, 11) is -17.6. The third kappa shape index (κ3) is 11.3. The maximum Gasteiger partial charge on any atom is 0.279 e. The molecule has 0 saturated heterocycles. The first kappa shape index (κ1) is 69.4. The van der Waals surface area contributed by atoms with Crippen LogP contribution in [-0.2, 0) is 12.3 Å². The highest BCUT2D eigenvalue weighted by atomic mass is 28.4. The predicted octanol–water partition coefficient (Wildman–Crippen LogP) is 11.4. The summed E-state index contributed by atoms with van der Waals surface area (Å²) in [5.74, 6) is 0. The van der Waals surface area contributed by atoms with Gasteiger partial charge in [-0.3, -0.25) is 0 Å². The fourth-order valence-corrected chi connectivity index (χ4v) is 52.1. The highest BCUT2D eigenvalue weighted by Crippen LogP contribution is 2.32. The molecule has 0 radical (unpaired) electrons. The van der Waals surface area contributed by atoms with Crippen molar-refractivity contribution < 1.29 is 12.3 Å². The number of benzene rings is 18. The Morgan fingerprint density at radius 1 is 0.108 bits per heavy atom. The van der Waals surface area contributed by atoms with Gasteiger partial charge in [0.2, 0.25) is 0 Å². The topological polar surface area (TPSA) is 27.7 Å². The fraction of sp³-hybridized carbons (Fsp3) is 0. The molecule has 528 valence electrons. The average molecular weight is 1520 g/mol. The Kier molecular flexibility index (Phi) is 18.4. The van der Waals surface area contributed by atoms with Crippen molar-refractivity contribution in [2.75, 3.05) is 0 Å². The normalized spacial score (nSPS) is 15.4. The van der Waals surface area contributed by atoms with Gasteiger partial charge in [0.05, 0.1) is 0 Å². The lowest BCUT2D eigenvalue weighted by atomic mass is 10.1. The standard InChI is InChI=1S/3C34H26OSi2/c3*1-5-17-28(18-6-1)36(29-19-7-2-8-20-29)32-25-13-15-27-16-14-26-33(34(27)32)37(35-36,30-21-9-3-10-22-30)31-23-11-4-12-24-31/h3*1-26H. The van der Waals surface area contributed by atoms with Crippen LogP contribution in [0, 0.1) is 0 Å². The van der Waals surface area contributed by atoms with Gasteiger partial charge in [-0.2, -0.15) is 0 Å². The summed E-state index contributed by atoms with van der Waals surface area (Å²) in [5.41, 5.74) is 0. The molecular weight excluding hydrogens is 1440 g/mol. The Morgan fingerprint density at radius 2 is 0.216 bits per heavy atom. The molecule has 0 unspecified atom stereocenters. The van der Waals surface area contributed by atoms with E-state index in [1.165, 1.54) is 126 Å². The van der Waals surface area contributed by atoms with Crippen LogP contribution in [0.15, 0.2) is 473 Å². The first-order valence-electron chi connectivity index (χ1n) is 38.4. The van der Waals surface area contributed by atoms with Crippen LogP contribution >= 0.6 is 0 Å². The average Bonchev–Trinajstić information content (AvgIpc) is 0.697. The maximum absolute atomic E-state index is 8.10. The molecule has 21 rings (SSSR count). The second-order valence-electron chi connectivity index (χ2n) is 28.9. The van der Waals surface area contributed by atoms with Crippen molar-refractivity contribution in [1.82, 2.24) is 0 Å². The van der Waals surface area contributed by atoms with E-state index in [1.54, 1.807) is 0 Å². The first-order chi connectivity index (χ1) is 55.0. The first-order valence-corrected chi connectivity index (χ1v) is 49.8. The molecule has 3 nitrogen and oxygen atoms in total. The van der Waals surface area contributed by atoms with Crippen molar-refractivity contribution in [3.63, 3.8) is 0 Å². The Balaban J connectivity index is 0.000000112. The van der Waals surface area contributed by atoms with Crippen molar-refractivity contribution >= 4 is 176 Å². The fourth-order valence-electron chi connectivity index (χ4n) is 18.4. The SMILES string of the molecule is c1ccc([Si]2(c3ccccc3)O[Si](c3ccccc3)(c3ccccc3)c3cccc4cccc2c34)cc1.c1ccc([Si]2(c3ccccc3)O[Si](c3ccccc3)(c3ccccc3)c3cccc4cccc2c34)cc1.c1ccc([Si]2(c3ccccc3)O[Si](c3ccccc3)(c3ccccc3)c3cccc4cccc2c34)cc1. The Hall–Kier alpha value is -12.1. The maximum atomic E-state index is 8.10. The zero-order valence-corrected chi connectivity index (χ0v) is 67.3. The van der Waals surface area contributed by atoms with Crippen LogP contribution in [0.4, 0.5) is 0 Å². The van der Waals surface area contributed by atoms with Crippen LogP contribution in [0.1, 0.15) is 0 Å². The number of hydrogen-bond acceptors (Lipinski definition) is 3. The largest absolute Gasteiger partial charge is 0.435 e. The molecule has 3 aliphatic rings. The summed E-state index contributed by atoms with van der Waals surface area (Å²) in [6.45, 7) is 0. The lowest BCUT2D eigenvalue weighted by Gasteiger charge is -2.48. The van der Waals surface area contributed by atoms with Crippen LogP contribution in [0.5, 0.6) is 0 Å². The second kappa shape index (κ2) is 29.4. The quantitative estimate of drug-likeness (QED) is 0.114. The van der Waals surface area contributed by atoms with Gasteiger partial charge in [0.15, 0.2) is 0 Å². The van der Waals surface area contributed by atoms with Gasteiger partial charge in [-0.05, 0) is 126 Å². The van der Waals surface area contributed by atoms with Gasteiger partial charge in [0, 0.05) is 0 Å².